The third kappa shape index (κ3) is 2.16. The molecule has 112 valence electrons. The van der Waals surface area contributed by atoms with Crippen molar-refractivity contribution in [3.63, 3.8) is 0 Å². The van der Waals surface area contributed by atoms with Gasteiger partial charge in [-0.25, -0.2) is 0 Å². The average molecular weight is 304 g/mol. The zero-order valence-corrected chi connectivity index (χ0v) is 11.4. The van der Waals surface area contributed by atoms with E-state index < -0.39 is 23.0 Å². The van der Waals surface area contributed by atoms with E-state index in [1.165, 1.54) is 12.1 Å². The molecule has 3 heterocycles. The Hall–Kier alpha value is -3.30. The lowest BCUT2D eigenvalue weighted by Gasteiger charge is -1.93. The standard InChI is InChI=1S/C12H8N4O6/c1-5-3-7(13-20-5)11(17)9-10(16(19)22-15-9)12(18)8-4-6(2)21-14-8/h3-4H,1-2H3. The SMILES string of the molecule is Cc1cc(C(=O)c2no[n+]([O-])c2C(=O)c2cc(C)on2)no1. The van der Waals surface area contributed by atoms with E-state index in [0.717, 1.165) is 0 Å². The number of ketones is 2. The molecule has 0 fully saturated rings. The molecule has 0 saturated carbocycles. The summed E-state index contributed by atoms with van der Waals surface area (Å²) in [6.07, 6.45) is 0. The third-order valence-corrected chi connectivity index (χ3v) is 2.76. The maximum Gasteiger partial charge on any atom is 0.302 e. The average Bonchev–Trinajstić information content (AvgIpc) is 3.18. The zero-order valence-electron chi connectivity index (χ0n) is 11.4. The molecule has 10 heteroatoms. The second kappa shape index (κ2) is 4.91. The van der Waals surface area contributed by atoms with Gasteiger partial charge >= 0.3 is 5.69 Å². The van der Waals surface area contributed by atoms with Crippen molar-refractivity contribution in [1.82, 2.24) is 15.5 Å². The molecule has 0 amide bonds. The van der Waals surface area contributed by atoms with E-state index in [9.17, 15) is 14.8 Å². The Kier molecular flexibility index (Phi) is 3.05. The Morgan fingerprint density at radius 3 is 2.05 bits per heavy atom. The Morgan fingerprint density at radius 1 is 1.00 bits per heavy atom. The van der Waals surface area contributed by atoms with Crippen molar-refractivity contribution in [3.05, 3.63) is 51.6 Å². The molecule has 0 unspecified atom stereocenters. The fourth-order valence-electron chi connectivity index (χ4n) is 1.78. The molecular formula is C12H8N4O6. The zero-order chi connectivity index (χ0) is 15.9. The monoisotopic (exact) mass is 304 g/mol. The normalized spacial score (nSPS) is 10.8. The van der Waals surface area contributed by atoms with Crippen LogP contribution in [0.2, 0.25) is 0 Å². The van der Waals surface area contributed by atoms with Gasteiger partial charge in [-0.3, -0.25) is 14.2 Å². The predicted octanol–water partition coefficient (Wildman–Crippen LogP) is 0.363. The van der Waals surface area contributed by atoms with Gasteiger partial charge < -0.3 is 14.3 Å². The Bertz CT molecular complexity index is 874. The van der Waals surface area contributed by atoms with E-state index in [1.807, 2.05) is 0 Å². The fraction of sp³-hybridized carbons (Fsp3) is 0.167. The highest BCUT2D eigenvalue weighted by molar-refractivity contribution is 6.15. The van der Waals surface area contributed by atoms with Crippen LogP contribution in [0.4, 0.5) is 0 Å². The molecule has 0 N–H and O–H groups in total. The molecule has 0 spiro atoms. The quantitative estimate of drug-likeness (QED) is 0.493. The van der Waals surface area contributed by atoms with Gasteiger partial charge in [0.05, 0.1) is 5.16 Å². The molecule has 0 atom stereocenters. The fourth-order valence-corrected chi connectivity index (χ4v) is 1.78. The van der Waals surface area contributed by atoms with Crippen molar-refractivity contribution in [2.45, 2.75) is 13.8 Å². The van der Waals surface area contributed by atoms with E-state index in [1.54, 1.807) is 13.8 Å². The minimum atomic E-state index is -0.850. The van der Waals surface area contributed by atoms with Crippen LogP contribution in [0.5, 0.6) is 0 Å². The maximum absolute atomic E-state index is 12.3. The Balaban J connectivity index is 2.04. The van der Waals surface area contributed by atoms with Crippen LogP contribution in [0.3, 0.4) is 0 Å². The first-order valence-corrected chi connectivity index (χ1v) is 6.03. The number of aryl methyl sites for hydroxylation is 2. The van der Waals surface area contributed by atoms with Gasteiger partial charge in [0.2, 0.25) is 0 Å². The summed E-state index contributed by atoms with van der Waals surface area (Å²) in [6.45, 7) is 3.16. The molecule has 0 saturated heterocycles. The molecule has 0 aliphatic heterocycles. The Labute approximate surface area is 121 Å². The van der Waals surface area contributed by atoms with Gasteiger partial charge in [-0.1, -0.05) is 10.3 Å². The summed E-state index contributed by atoms with van der Waals surface area (Å²) in [6, 6.07) is 2.67. The highest BCUT2D eigenvalue weighted by atomic mass is 16.8. The molecule has 3 aromatic rings. The molecule has 0 aliphatic rings. The highest BCUT2D eigenvalue weighted by Gasteiger charge is 2.35. The summed E-state index contributed by atoms with van der Waals surface area (Å²) in [4.78, 5) is 24.3. The third-order valence-electron chi connectivity index (χ3n) is 2.76. The molecule has 0 radical (unpaired) electrons. The van der Waals surface area contributed by atoms with Crippen molar-refractivity contribution in [2.24, 2.45) is 0 Å². The van der Waals surface area contributed by atoms with E-state index >= 15 is 0 Å². The molecule has 0 bridgehead atoms. The van der Waals surface area contributed by atoms with E-state index in [-0.39, 0.29) is 16.3 Å². The number of aromatic nitrogens is 4. The van der Waals surface area contributed by atoms with Crippen LogP contribution in [-0.4, -0.2) is 27.0 Å². The molecule has 0 aliphatic carbocycles. The van der Waals surface area contributed by atoms with Crippen LogP contribution < -0.4 is 4.90 Å². The van der Waals surface area contributed by atoms with Gasteiger partial charge in [-0.2, -0.15) is 0 Å². The first kappa shape index (κ1) is 13.7. The van der Waals surface area contributed by atoms with Gasteiger partial charge in [0.15, 0.2) is 11.4 Å². The first-order chi connectivity index (χ1) is 10.5. The predicted molar refractivity (Wildman–Crippen MR) is 64.8 cm³/mol. The second-order valence-electron chi connectivity index (χ2n) is 4.43. The molecule has 3 rings (SSSR count). The number of carbonyl (C=O) groups excluding carboxylic acids is 2. The van der Waals surface area contributed by atoms with Gasteiger partial charge in [0.1, 0.15) is 11.5 Å². The van der Waals surface area contributed by atoms with E-state index in [4.69, 9.17) is 9.05 Å². The second-order valence-corrected chi connectivity index (χ2v) is 4.43. The summed E-state index contributed by atoms with van der Waals surface area (Å²) in [5.41, 5.74) is -1.32. The van der Waals surface area contributed by atoms with Crippen LogP contribution in [0.15, 0.2) is 25.8 Å². The minimum Gasteiger partial charge on any atom is -0.361 e. The van der Waals surface area contributed by atoms with Crippen molar-refractivity contribution in [3.8, 4) is 0 Å². The van der Waals surface area contributed by atoms with Crippen LogP contribution >= 0.6 is 0 Å². The summed E-state index contributed by atoms with van der Waals surface area (Å²) in [7, 11) is 0. The maximum atomic E-state index is 12.3. The van der Waals surface area contributed by atoms with Crippen molar-refractivity contribution in [1.29, 1.82) is 0 Å². The van der Waals surface area contributed by atoms with E-state index in [0.29, 0.717) is 11.5 Å². The highest BCUT2D eigenvalue weighted by Crippen LogP contribution is 2.14. The van der Waals surface area contributed by atoms with Crippen LogP contribution in [0, 0.1) is 19.1 Å². The summed E-state index contributed by atoms with van der Waals surface area (Å²) >= 11 is 0. The van der Waals surface area contributed by atoms with Crippen molar-refractivity contribution in [2.75, 3.05) is 0 Å². The number of hydrogen-bond donors (Lipinski definition) is 0. The van der Waals surface area contributed by atoms with Gasteiger partial charge in [0.25, 0.3) is 17.3 Å². The number of carbonyl (C=O) groups is 2. The summed E-state index contributed by atoms with van der Waals surface area (Å²) < 4.78 is 13.9. The topological polar surface area (TPSA) is 139 Å². The van der Waals surface area contributed by atoms with Crippen molar-refractivity contribution < 1.29 is 28.2 Å². The van der Waals surface area contributed by atoms with Gasteiger partial charge in [-0.15, -0.1) is 0 Å². The summed E-state index contributed by atoms with van der Waals surface area (Å²) in [5, 5.41) is 21.9. The van der Waals surface area contributed by atoms with Crippen LogP contribution in [0.25, 0.3) is 0 Å². The number of rotatable bonds is 4. The van der Waals surface area contributed by atoms with Gasteiger partial charge in [0, 0.05) is 12.1 Å². The van der Waals surface area contributed by atoms with Crippen molar-refractivity contribution >= 4 is 11.6 Å². The van der Waals surface area contributed by atoms with Crippen LogP contribution in [-0.2, 0) is 0 Å². The smallest absolute Gasteiger partial charge is 0.302 e. The molecule has 0 aromatic carbocycles. The first-order valence-electron chi connectivity index (χ1n) is 6.03. The van der Waals surface area contributed by atoms with E-state index in [2.05, 4.69) is 20.1 Å². The molecule has 22 heavy (non-hydrogen) atoms. The molecule has 10 nitrogen and oxygen atoms in total. The molecular weight excluding hydrogens is 296 g/mol. The number of hydrogen-bond acceptors (Lipinski definition) is 9. The Morgan fingerprint density at radius 2 is 1.55 bits per heavy atom. The lowest BCUT2D eigenvalue weighted by atomic mass is 10.1. The lowest BCUT2D eigenvalue weighted by molar-refractivity contribution is -0.803. The lowest BCUT2D eigenvalue weighted by Crippen LogP contribution is -2.33. The number of nitrogens with zero attached hydrogens (tertiary/aromatic N) is 4. The van der Waals surface area contributed by atoms with Crippen LogP contribution in [0.1, 0.15) is 43.9 Å². The van der Waals surface area contributed by atoms with Gasteiger partial charge in [-0.05, 0) is 18.8 Å². The minimum absolute atomic E-state index is 0.100. The molecule has 3 aromatic heterocycles. The summed E-state index contributed by atoms with van der Waals surface area (Å²) in [5.74, 6) is -0.866. The largest absolute Gasteiger partial charge is 0.361 e.